The summed E-state index contributed by atoms with van der Waals surface area (Å²) >= 11 is 1.42. The van der Waals surface area contributed by atoms with E-state index in [0.717, 1.165) is 10.9 Å². The summed E-state index contributed by atoms with van der Waals surface area (Å²) in [4.78, 5) is 4.82. The minimum Gasteiger partial charge on any atom is -0.431 e. The quantitative estimate of drug-likeness (QED) is 0.784. The first-order valence-corrected chi connectivity index (χ1v) is 6.57. The van der Waals surface area contributed by atoms with Crippen LogP contribution in [0.5, 0.6) is 11.5 Å². The molecule has 0 radical (unpaired) electrons. The fourth-order valence-electron chi connectivity index (χ4n) is 1.52. The number of hydrogen-bond acceptors (Lipinski definition) is 5. The van der Waals surface area contributed by atoms with Gasteiger partial charge in [-0.25, -0.2) is 0 Å². The van der Waals surface area contributed by atoms with Gasteiger partial charge in [-0.3, -0.25) is 4.98 Å². The Hall–Kier alpha value is -2.03. The number of anilines is 1. The molecular formula is C12H10F4N2O2S. The van der Waals surface area contributed by atoms with Crippen molar-refractivity contribution >= 4 is 17.0 Å². The van der Waals surface area contributed by atoms with Gasteiger partial charge in [-0.2, -0.15) is 17.6 Å². The summed E-state index contributed by atoms with van der Waals surface area (Å²) in [5.41, 5.74) is 2.09. The van der Waals surface area contributed by atoms with Crippen LogP contribution in [0.3, 0.4) is 0 Å². The molecule has 0 bridgehead atoms. The molecule has 114 valence electrons. The van der Waals surface area contributed by atoms with Crippen molar-refractivity contribution < 1.29 is 27.0 Å². The molecule has 2 aromatic rings. The van der Waals surface area contributed by atoms with E-state index >= 15 is 0 Å². The molecule has 1 aromatic heterocycles. The zero-order chi connectivity index (χ0) is 15.2. The lowest BCUT2D eigenvalue weighted by Crippen LogP contribution is -2.08. The van der Waals surface area contributed by atoms with E-state index in [-0.39, 0.29) is 0 Å². The van der Waals surface area contributed by atoms with Crippen molar-refractivity contribution in [2.24, 2.45) is 0 Å². The molecule has 0 atom stereocenters. The van der Waals surface area contributed by atoms with Crippen LogP contribution in [0.15, 0.2) is 29.9 Å². The normalized spacial score (nSPS) is 11.0. The summed E-state index contributed by atoms with van der Waals surface area (Å²) in [5.74, 6) is -0.909. The van der Waals surface area contributed by atoms with E-state index in [4.69, 9.17) is 0 Å². The fourth-order valence-corrected chi connectivity index (χ4v) is 2.05. The Morgan fingerprint density at radius 2 is 1.81 bits per heavy atom. The Kier molecular flexibility index (Phi) is 5.20. The molecule has 1 N–H and O–H groups in total. The molecule has 0 amide bonds. The highest BCUT2D eigenvalue weighted by Crippen LogP contribution is 2.33. The minimum atomic E-state index is -3.14. The monoisotopic (exact) mass is 322 g/mol. The molecule has 1 heterocycles. The van der Waals surface area contributed by atoms with Crippen LogP contribution in [0.1, 0.15) is 4.88 Å². The second-order valence-electron chi connectivity index (χ2n) is 3.74. The highest BCUT2D eigenvalue weighted by atomic mass is 32.1. The van der Waals surface area contributed by atoms with Crippen molar-refractivity contribution in [3.8, 4) is 11.5 Å². The minimum absolute atomic E-state index is 0.424. The number of aromatic nitrogens is 1. The molecule has 0 spiro atoms. The first-order valence-electron chi connectivity index (χ1n) is 5.69. The molecular weight excluding hydrogens is 312 g/mol. The van der Waals surface area contributed by atoms with E-state index in [2.05, 4.69) is 19.8 Å². The van der Waals surface area contributed by atoms with E-state index in [1.54, 1.807) is 11.7 Å². The van der Waals surface area contributed by atoms with Gasteiger partial charge in [-0.05, 0) is 12.1 Å². The maximum absolute atomic E-state index is 12.3. The zero-order valence-electron chi connectivity index (χ0n) is 10.4. The van der Waals surface area contributed by atoms with E-state index in [0.29, 0.717) is 12.2 Å². The summed E-state index contributed by atoms with van der Waals surface area (Å²) < 4.78 is 57.3. The summed E-state index contributed by atoms with van der Waals surface area (Å²) in [5, 5.41) is 2.94. The van der Waals surface area contributed by atoms with Gasteiger partial charge in [0.1, 0.15) is 0 Å². The van der Waals surface area contributed by atoms with Crippen molar-refractivity contribution in [2.45, 2.75) is 19.8 Å². The van der Waals surface area contributed by atoms with E-state index in [9.17, 15) is 17.6 Å². The van der Waals surface area contributed by atoms with E-state index in [1.165, 1.54) is 23.5 Å². The molecule has 1 aromatic carbocycles. The molecule has 9 heteroatoms. The van der Waals surface area contributed by atoms with Crippen LogP contribution < -0.4 is 14.8 Å². The van der Waals surface area contributed by atoms with Crippen LogP contribution in [0.2, 0.25) is 0 Å². The fraction of sp³-hybridized carbons (Fsp3) is 0.250. The standard InChI is InChI=1S/C12H10F4N2O2S/c13-11(14)19-9-2-1-7(3-10(9)20-12(15)16)18-5-8-4-17-6-21-8/h1-4,6,11-12,18H,5H2. The SMILES string of the molecule is FC(F)Oc1ccc(NCc2cncs2)cc1OC(F)F. The molecule has 0 aliphatic rings. The molecule has 0 aliphatic carbocycles. The van der Waals surface area contributed by atoms with E-state index in [1.807, 2.05) is 0 Å². The summed E-state index contributed by atoms with van der Waals surface area (Å²) in [6.45, 7) is -5.84. The third-order valence-corrected chi connectivity index (χ3v) is 3.11. The van der Waals surface area contributed by atoms with Gasteiger partial charge >= 0.3 is 13.2 Å². The molecule has 0 fully saturated rings. The van der Waals surface area contributed by atoms with Gasteiger partial charge in [-0.1, -0.05) is 0 Å². The van der Waals surface area contributed by atoms with E-state index < -0.39 is 24.7 Å². The Balaban J connectivity index is 2.11. The second kappa shape index (κ2) is 7.11. The van der Waals surface area contributed by atoms with Gasteiger partial charge in [0.2, 0.25) is 0 Å². The highest BCUT2D eigenvalue weighted by molar-refractivity contribution is 7.09. The van der Waals surface area contributed by atoms with Crippen LogP contribution in [-0.2, 0) is 6.54 Å². The largest absolute Gasteiger partial charge is 0.431 e. The Morgan fingerprint density at radius 3 is 2.43 bits per heavy atom. The first kappa shape index (κ1) is 15.4. The Morgan fingerprint density at radius 1 is 1.10 bits per heavy atom. The topological polar surface area (TPSA) is 43.4 Å². The summed E-state index contributed by atoms with van der Waals surface area (Å²) in [6.07, 6.45) is 1.66. The van der Waals surface area contributed by atoms with Crippen molar-refractivity contribution in [1.29, 1.82) is 0 Å². The van der Waals surface area contributed by atoms with Crippen molar-refractivity contribution in [3.05, 3.63) is 34.8 Å². The number of halogens is 4. The lowest BCUT2D eigenvalue weighted by atomic mass is 10.2. The number of nitrogens with one attached hydrogen (secondary N) is 1. The maximum Gasteiger partial charge on any atom is 0.387 e. The van der Waals surface area contributed by atoms with Gasteiger partial charge in [0.05, 0.1) is 12.1 Å². The maximum atomic E-state index is 12.3. The highest BCUT2D eigenvalue weighted by Gasteiger charge is 2.15. The summed E-state index contributed by atoms with van der Waals surface area (Å²) in [6, 6.07) is 3.74. The third kappa shape index (κ3) is 4.78. The number of thiazole rings is 1. The number of hydrogen-bond donors (Lipinski definition) is 1. The molecule has 0 saturated carbocycles. The Bertz CT molecular complexity index is 566. The molecule has 21 heavy (non-hydrogen) atoms. The number of benzene rings is 1. The first-order chi connectivity index (χ1) is 10.0. The van der Waals surface area contributed by atoms with Crippen molar-refractivity contribution in [3.63, 3.8) is 0 Å². The molecule has 2 rings (SSSR count). The predicted octanol–water partition coefficient (Wildman–Crippen LogP) is 3.96. The average Bonchev–Trinajstić information content (AvgIpc) is 2.91. The zero-order valence-corrected chi connectivity index (χ0v) is 11.2. The Labute approximate surface area is 121 Å². The number of ether oxygens (including phenoxy) is 2. The van der Waals surface area contributed by atoms with Crippen LogP contribution in [0, 0.1) is 0 Å². The number of alkyl halides is 4. The van der Waals surface area contributed by atoms with Gasteiger partial charge in [0.25, 0.3) is 0 Å². The molecule has 0 aliphatic heterocycles. The molecule has 4 nitrogen and oxygen atoms in total. The second-order valence-corrected chi connectivity index (χ2v) is 4.71. The van der Waals surface area contributed by atoms with Crippen LogP contribution in [0.4, 0.5) is 23.2 Å². The van der Waals surface area contributed by atoms with Crippen molar-refractivity contribution in [2.75, 3.05) is 5.32 Å². The van der Waals surface area contributed by atoms with Crippen molar-refractivity contribution in [1.82, 2.24) is 4.98 Å². The lowest BCUT2D eigenvalue weighted by Gasteiger charge is -2.13. The number of rotatable bonds is 7. The van der Waals surface area contributed by atoms with Crippen LogP contribution >= 0.6 is 11.3 Å². The average molecular weight is 322 g/mol. The lowest BCUT2D eigenvalue weighted by molar-refractivity contribution is -0.0691. The van der Waals surface area contributed by atoms with Gasteiger partial charge in [-0.15, -0.1) is 11.3 Å². The predicted molar refractivity (Wildman–Crippen MR) is 69.1 cm³/mol. The van der Waals surface area contributed by atoms with Gasteiger partial charge < -0.3 is 14.8 Å². The molecule has 0 unspecified atom stereocenters. The number of nitrogens with zero attached hydrogens (tertiary/aromatic N) is 1. The molecule has 0 saturated heterocycles. The van der Waals surface area contributed by atoms with Crippen LogP contribution in [0.25, 0.3) is 0 Å². The third-order valence-electron chi connectivity index (χ3n) is 2.33. The smallest absolute Gasteiger partial charge is 0.387 e. The van der Waals surface area contributed by atoms with Crippen LogP contribution in [-0.4, -0.2) is 18.2 Å². The van der Waals surface area contributed by atoms with Gasteiger partial charge in [0.15, 0.2) is 11.5 Å². The van der Waals surface area contributed by atoms with Gasteiger partial charge in [0, 0.05) is 22.8 Å². The summed E-state index contributed by atoms with van der Waals surface area (Å²) in [7, 11) is 0.